The first kappa shape index (κ1) is 50.9. The normalized spacial score (nSPS) is 54.5. The van der Waals surface area contributed by atoms with Crippen LogP contribution in [0.25, 0.3) is 0 Å². The number of allylic oxidation sites excluding steroid dienone is 2. The van der Waals surface area contributed by atoms with Crippen molar-refractivity contribution in [1.29, 1.82) is 0 Å². The molecular weight excluding hydrogens is 865 g/mol. The Bertz CT molecular complexity index is 1810. The molecule has 8 aliphatic rings. The zero-order valence-corrected chi connectivity index (χ0v) is 39.7. The highest BCUT2D eigenvalue weighted by molar-refractivity contribution is 5.77. The predicted octanol–water partition coefficient (Wildman–Crippen LogP) is 0.705. The van der Waals surface area contributed by atoms with E-state index in [4.69, 9.17) is 28.4 Å². The van der Waals surface area contributed by atoms with Gasteiger partial charge in [0.05, 0.1) is 36.9 Å². The number of rotatable bonds is 9. The summed E-state index contributed by atoms with van der Waals surface area (Å²) in [4.78, 5) is 13.2. The summed E-state index contributed by atoms with van der Waals surface area (Å²) in [7, 11) is 0. The molecule has 24 atom stereocenters. The van der Waals surface area contributed by atoms with E-state index < -0.39 is 140 Å². The number of aliphatic hydroxyl groups is 10. The zero-order chi connectivity index (χ0) is 48.4. The highest BCUT2D eigenvalue weighted by Gasteiger charge is 2.70. The van der Waals surface area contributed by atoms with E-state index in [0.717, 1.165) is 32.1 Å². The van der Waals surface area contributed by atoms with Crippen LogP contribution < -0.4 is 0 Å². The maximum Gasteiger partial charge on any atom is 0.310 e. The second-order valence-electron chi connectivity index (χ2n) is 23.5. The van der Waals surface area contributed by atoms with Gasteiger partial charge in [0, 0.05) is 0 Å². The highest BCUT2D eigenvalue weighted by atomic mass is 16.8. The Morgan fingerprint density at radius 1 is 0.652 bits per heavy atom. The van der Waals surface area contributed by atoms with Gasteiger partial charge in [0.25, 0.3) is 0 Å². The molecule has 7 fully saturated rings. The number of carbonyl (C=O) groups is 1. The summed E-state index contributed by atoms with van der Waals surface area (Å²) in [5.41, 5.74) is -1.23. The fraction of sp³-hybridized carbons (Fsp3) is 0.938. The van der Waals surface area contributed by atoms with Gasteiger partial charge in [-0.25, -0.2) is 0 Å². The van der Waals surface area contributed by atoms with Crippen molar-refractivity contribution in [2.75, 3.05) is 13.2 Å². The zero-order valence-electron chi connectivity index (χ0n) is 39.7. The predicted molar refractivity (Wildman–Crippen MR) is 231 cm³/mol. The van der Waals surface area contributed by atoms with Crippen molar-refractivity contribution >= 4 is 5.97 Å². The number of carboxylic acids is 1. The van der Waals surface area contributed by atoms with Crippen LogP contribution >= 0.6 is 0 Å². The highest BCUT2D eigenvalue weighted by Crippen LogP contribution is 2.76. The van der Waals surface area contributed by atoms with Gasteiger partial charge in [0.1, 0.15) is 67.1 Å². The molecule has 18 nitrogen and oxygen atoms in total. The van der Waals surface area contributed by atoms with Crippen LogP contribution in [0.2, 0.25) is 0 Å². The first-order chi connectivity index (χ1) is 30.7. The van der Waals surface area contributed by atoms with Gasteiger partial charge in [0.15, 0.2) is 18.9 Å². The van der Waals surface area contributed by atoms with Gasteiger partial charge in [-0.2, -0.15) is 0 Å². The van der Waals surface area contributed by atoms with Crippen molar-refractivity contribution in [3.63, 3.8) is 0 Å². The minimum Gasteiger partial charge on any atom is -0.481 e. The number of fused-ring (bicyclic) bond motifs is 7. The third-order valence-corrected chi connectivity index (χ3v) is 19.5. The van der Waals surface area contributed by atoms with Crippen molar-refractivity contribution in [2.45, 2.75) is 218 Å². The molecule has 5 aliphatic carbocycles. The third kappa shape index (κ3) is 7.69. The minimum atomic E-state index is -1.84. The van der Waals surface area contributed by atoms with E-state index in [9.17, 15) is 61.0 Å². The van der Waals surface area contributed by atoms with Crippen LogP contribution in [0.3, 0.4) is 0 Å². The van der Waals surface area contributed by atoms with Crippen LogP contribution in [0.15, 0.2) is 11.6 Å². The standard InChI is InChI=1S/C48H78O18/c1-21-30(52)33(55)36(58)39(61-21)65-38-35(57)32(54)25(20-50)63-41(38)66-37-34(56)31(53)24(19-49)62-40(37)64-29-12-13-45(6)26(44(29,4)5)11-14-47(8)27(45)10-9-22-23-17-43(2,3)28(51)18-48(23,42(59)60)16-15-46(22,47)7/h9,21,23-41,49-58H,10-20H2,1-8H3,(H,59,60)/t21-,23-,24+,25+,26-,27+,28+,29-,30-,31+,32+,33+,34-,35-,36+,37+,38+,39-,40-,41-,45-,46+,47+,48+/m0/s1. The Balaban J connectivity index is 1.05. The van der Waals surface area contributed by atoms with E-state index in [0.29, 0.717) is 19.3 Å². The molecule has 0 unspecified atom stereocenters. The summed E-state index contributed by atoms with van der Waals surface area (Å²) in [5.74, 6) is -0.584. The summed E-state index contributed by atoms with van der Waals surface area (Å²) in [6.45, 7) is 15.6. The van der Waals surface area contributed by atoms with Gasteiger partial charge >= 0.3 is 5.97 Å². The van der Waals surface area contributed by atoms with E-state index >= 15 is 0 Å². The Morgan fingerprint density at radius 2 is 1.23 bits per heavy atom. The summed E-state index contributed by atoms with van der Waals surface area (Å²) in [6.07, 6.45) is -16.6. The second-order valence-corrected chi connectivity index (χ2v) is 23.5. The van der Waals surface area contributed by atoms with E-state index in [2.05, 4.69) is 54.5 Å². The molecule has 0 aromatic rings. The third-order valence-electron chi connectivity index (χ3n) is 19.5. The van der Waals surface area contributed by atoms with Crippen molar-refractivity contribution in [3.05, 3.63) is 11.6 Å². The molecule has 378 valence electrons. The molecule has 0 radical (unpaired) electrons. The summed E-state index contributed by atoms with van der Waals surface area (Å²) in [5, 5.41) is 119. The van der Waals surface area contributed by atoms with Crippen molar-refractivity contribution in [1.82, 2.24) is 0 Å². The van der Waals surface area contributed by atoms with Crippen LogP contribution in [0.4, 0.5) is 0 Å². The molecular formula is C48H78O18. The van der Waals surface area contributed by atoms with E-state index in [-0.39, 0.29) is 40.4 Å². The lowest BCUT2D eigenvalue weighted by atomic mass is 9.33. The molecule has 8 rings (SSSR count). The number of hydrogen-bond donors (Lipinski definition) is 11. The monoisotopic (exact) mass is 943 g/mol. The Kier molecular flexibility index (Phi) is 13.7. The fourth-order valence-electron chi connectivity index (χ4n) is 15.1. The van der Waals surface area contributed by atoms with Crippen molar-refractivity contribution in [2.24, 2.45) is 50.2 Å². The fourth-order valence-corrected chi connectivity index (χ4v) is 15.1. The molecule has 3 heterocycles. The molecule has 66 heavy (non-hydrogen) atoms. The molecule has 0 aromatic carbocycles. The van der Waals surface area contributed by atoms with Crippen molar-refractivity contribution < 1.29 is 89.4 Å². The summed E-state index contributed by atoms with van der Waals surface area (Å²) in [6, 6.07) is 0. The lowest BCUT2D eigenvalue weighted by Gasteiger charge is -2.71. The Labute approximate surface area is 387 Å². The van der Waals surface area contributed by atoms with Crippen LogP contribution in [0.5, 0.6) is 0 Å². The average molecular weight is 943 g/mol. The van der Waals surface area contributed by atoms with E-state index in [1.54, 1.807) is 0 Å². The number of aliphatic hydroxyl groups excluding tert-OH is 10. The number of hydrogen-bond acceptors (Lipinski definition) is 17. The average Bonchev–Trinajstić information content (AvgIpc) is 3.25. The van der Waals surface area contributed by atoms with Gasteiger partial charge in [-0.05, 0) is 110 Å². The largest absolute Gasteiger partial charge is 0.481 e. The lowest BCUT2D eigenvalue weighted by Crippen LogP contribution is -2.68. The topological polar surface area (TPSA) is 295 Å². The second kappa shape index (κ2) is 17.7. The minimum absolute atomic E-state index is 0.137. The number of ether oxygens (including phenoxy) is 6. The number of carboxylic acid groups (broad SMARTS) is 1. The first-order valence-corrected chi connectivity index (χ1v) is 24.3. The molecule has 4 saturated carbocycles. The number of aliphatic carboxylic acids is 1. The van der Waals surface area contributed by atoms with Crippen LogP contribution in [0, 0.1) is 50.2 Å². The first-order valence-electron chi connectivity index (χ1n) is 24.3. The molecule has 0 amide bonds. The van der Waals surface area contributed by atoms with E-state index in [1.165, 1.54) is 12.5 Å². The maximum absolute atomic E-state index is 13.2. The van der Waals surface area contributed by atoms with Crippen LogP contribution in [0.1, 0.15) is 113 Å². The quantitative estimate of drug-likeness (QED) is 0.112. The van der Waals surface area contributed by atoms with Crippen molar-refractivity contribution in [3.8, 4) is 0 Å². The smallest absolute Gasteiger partial charge is 0.310 e. The van der Waals surface area contributed by atoms with Gasteiger partial charge < -0.3 is 84.6 Å². The van der Waals surface area contributed by atoms with Gasteiger partial charge in [-0.3, -0.25) is 4.79 Å². The lowest BCUT2D eigenvalue weighted by molar-refractivity contribution is -0.397. The summed E-state index contributed by atoms with van der Waals surface area (Å²) >= 11 is 0. The van der Waals surface area contributed by atoms with Crippen LogP contribution in [-0.2, 0) is 33.2 Å². The Hall–Kier alpha value is -1.43. The van der Waals surface area contributed by atoms with Crippen LogP contribution in [-0.4, -0.2) is 180 Å². The molecule has 0 bridgehead atoms. The van der Waals surface area contributed by atoms with Gasteiger partial charge in [-0.1, -0.05) is 60.1 Å². The molecule has 18 heteroatoms. The summed E-state index contributed by atoms with van der Waals surface area (Å²) < 4.78 is 36.8. The molecule has 11 N–H and O–H groups in total. The molecule has 0 spiro atoms. The van der Waals surface area contributed by atoms with Gasteiger partial charge in [0.2, 0.25) is 0 Å². The molecule has 3 saturated heterocycles. The molecule has 3 aliphatic heterocycles. The van der Waals surface area contributed by atoms with Gasteiger partial charge in [-0.15, -0.1) is 0 Å². The maximum atomic E-state index is 13.2. The molecule has 0 aromatic heterocycles. The van der Waals surface area contributed by atoms with E-state index in [1.807, 2.05) is 0 Å². The SMILES string of the molecule is C[C@@H]1O[C@@H](O[C@H]2[C@H](O[C@H]3[C@H](O[C@H]4CC[C@]5(C)[C@H]6CC=C7[C@@H]8CC(C)(C)[C@H](O)C[C@]8(C(=O)O)CC[C@@]7(C)[C@]6(C)CC[C@H]5C4(C)C)O[C@H](CO)[C@@H](O)[C@@H]3O)O[C@H](CO)[C@@H](O)[C@@H]2O)[C@H](O)[C@H](O)[C@H]1O. The Morgan fingerprint density at radius 3 is 1.80 bits per heavy atom.